The van der Waals surface area contributed by atoms with Crippen molar-refractivity contribution in [1.82, 2.24) is 0 Å². The van der Waals surface area contributed by atoms with E-state index in [0.29, 0.717) is 0 Å². The smallest absolute Gasteiger partial charge is 0.0193 e. The minimum atomic E-state index is -0.299. The summed E-state index contributed by atoms with van der Waals surface area (Å²) >= 11 is 0. The zero-order chi connectivity index (χ0) is 21.3. The Bertz CT molecular complexity index is 1010. The maximum atomic E-state index is 2.39. The molecule has 0 aliphatic heterocycles. The van der Waals surface area contributed by atoms with Gasteiger partial charge in [-0.2, -0.15) is 0 Å². The molecule has 0 heterocycles. The van der Waals surface area contributed by atoms with E-state index in [1.165, 1.54) is 51.9 Å². The summed E-state index contributed by atoms with van der Waals surface area (Å²) in [6.45, 7) is 2.20. The molecule has 0 N–H and O–H groups in total. The Hall–Kier alpha value is -2.26. The van der Waals surface area contributed by atoms with Crippen LogP contribution in [0, 0.1) is 6.92 Å². The van der Waals surface area contributed by atoms with E-state index in [2.05, 4.69) is 122 Å². The summed E-state index contributed by atoms with van der Waals surface area (Å²) in [5.74, 6) is 0. The Morgan fingerprint density at radius 2 is 0.839 bits per heavy atom. The van der Waals surface area contributed by atoms with E-state index in [-0.39, 0.29) is 15.8 Å². The van der Waals surface area contributed by atoms with Crippen LogP contribution in [-0.4, -0.2) is 12.3 Å². The third kappa shape index (κ3) is 6.13. The number of hydrogen-bond acceptors (Lipinski definition) is 0. The largest absolute Gasteiger partial charge is 0.0622 e. The molecule has 0 saturated carbocycles. The molecule has 0 spiro atoms. The van der Waals surface area contributed by atoms with Gasteiger partial charge in [0.1, 0.15) is 0 Å². The molecule has 0 radical (unpaired) electrons. The fourth-order valence-electron chi connectivity index (χ4n) is 3.97. The highest BCUT2D eigenvalue weighted by molar-refractivity contribution is 7.73. The van der Waals surface area contributed by atoms with Gasteiger partial charge in [-0.05, 0) is 69.2 Å². The van der Waals surface area contributed by atoms with Gasteiger partial charge in [-0.3, -0.25) is 0 Å². The van der Waals surface area contributed by atoms with Gasteiger partial charge in [-0.1, -0.05) is 121 Å². The van der Waals surface area contributed by atoms with Gasteiger partial charge in [0.15, 0.2) is 0 Å². The molecule has 156 valence electrons. The number of unbranched alkanes of at least 4 members (excludes halogenated alkanes) is 1. The molecule has 4 aromatic carbocycles. The van der Waals surface area contributed by atoms with Crippen molar-refractivity contribution in [2.45, 2.75) is 19.8 Å². The molecule has 0 aliphatic carbocycles. The molecular weight excluding hydrogens is 410 g/mol. The second-order valence-corrected chi connectivity index (χ2v) is 12.5. The van der Waals surface area contributed by atoms with E-state index in [4.69, 9.17) is 0 Å². The van der Waals surface area contributed by atoms with Crippen molar-refractivity contribution in [2.24, 2.45) is 0 Å². The van der Waals surface area contributed by atoms with E-state index < -0.39 is 0 Å². The summed E-state index contributed by atoms with van der Waals surface area (Å²) < 4.78 is 0. The van der Waals surface area contributed by atoms with Crippen LogP contribution in [0.2, 0.25) is 0 Å². The van der Waals surface area contributed by atoms with Crippen molar-refractivity contribution in [3.8, 4) is 0 Å². The summed E-state index contributed by atoms with van der Waals surface area (Å²) in [7, 11) is -0.587. The molecule has 0 saturated heterocycles. The van der Waals surface area contributed by atoms with Crippen molar-refractivity contribution in [1.29, 1.82) is 0 Å². The van der Waals surface area contributed by atoms with Crippen molar-refractivity contribution in [3.05, 3.63) is 121 Å². The van der Waals surface area contributed by atoms with Gasteiger partial charge in [0.2, 0.25) is 0 Å². The Morgan fingerprint density at radius 3 is 1.26 bits per heavy atom. The third-order valence-electron chi connectivity index (χ3n) is 5.53. The van der Waals surface area contributed by atoms with Crippen LogP contribution in [0.5, 0.6) is 0 Å². The molecule has 0 aromatic heterocycles. The monoisotopic (exact) mass is 440 g/mol. The highest BCUT2D eigenvalue weighted by Crippen LogP contribution is 2.38. The van der Waals surface area contributed by atoms with Gasteiger partial charge in [0, 0.05) is 0 Å². The Labute approximate surface area is 189 Å². The lowest BCUT2D eigenvalue weighted by atomic mass is 10.2. The van der Waals surface area contributed by atoms with Crippen molar-refractivity contribution >= 4 is 37.1 Å². The Morgan fingerprint density at radius 1 is 0.452 bits per heavy atom. The quantitative estimate of drug-likeness (QED) is 0.210. The van der Waals surface area contributed by atoms with Crippen LogP contribution in [-0.2, 0) is 0 Å². The number of rotatable bonds is 9. The lowest BCUT2D eigenvalue weighted by molar-refractivity contribution is 0.902. The normalized spacial score (nSPS) is 12.1. The second-order valence-electron chi connectivity index (χ2n) is 7.86. The van der Waals surface area contributed by atoms with E-state index in [9.17, 15) is 0 Å². The lowest BCUT2D eigenvalue weighted by Crippen LogP contribution is -2.16. The maximum Gasteiger partial charge on any atom is -0.0193 e. The fourth-order valence-corrected chi connectivity index (χ4v) is 8.90. The van der Waals surface area contributed by atoms with Gasteiger partial charge in [-0.15, -0.1) is 0 Å². The lowest BCUT2D eigenvalue weighted by Gasteiger charge is -2.21. The van der Waals surface area contributed by atoms with Crippen LogP contribution in [0.15, 0.2) is 115 Å². The van der Waals surface area contributed by atoms with Crippen molar-refractivity contribution in [2.75, 3.05) is 12.3 Å². The average Bonchev–Trinajstić information content (AvgIpc) is 2.83. The first-order valence-corrected chi connectivity index (χ1v) is 14.1. The highest BCUT2D eigenvalue weighted by atomic mass is 31.1. The van der Waals surface area contributed by atoms with E-state index in [1.807, 2.05) is 0 Å². The standard InChI is InChI=1S/C29H30P2/c1-25-14-13-21-29(24-25)31(28-19-9-4-10-20-28)23-12-11-22-30(26-15-5-2-6-16-26)27-17-7-3-8-18-27/h2-10,13-21,24H,11-12,22-23H2,1H3. The summed E-state index contributed by atoms with van der Waals surface area (Å²) in [6.07, 6.45) is 5.06. The summed E-state index contributed by atoms with van der Waals surface area (Å²) in [4.78, 5) is 0. The maximum absolute atomic E-state index is 2.39. The van der Waals surface area contributed by atoms with Crippen molar-refractivity contribution in [3.63, 3.8) is 0 Å². The van der Waals surface area contributed by atoms with E-state index in [1.54, 1.807) is 0 Å². The number of benzene rings is 4. The molecule has 1 unspecified atom stereocenters. The van der Waals surface area contributed by atoms with E-state index >= 15 is 0 Å². The van der Waals surface area contributed by atoms with Gasteiger partial charge in [0.05, 0.1) is 0 Å². The van der Waals surface area contributed by atoms with Crippen LogP contribution in [0.4, 0.5) is 0 Å². The molecule has 0 amide bonds. The van der Waals surface area contributed by atoms with Gasteiger partial charge >= 0.3 is 0 Å². The summed E-state index contributed by atoms with van der Waals surface area (Å²) in [5, 5.41) is 5.99. The van der Waals surface area contributed by atoms with E-state index in [0.717, 1.165) is 0 Å². The summed E-state index contributed by atoms with van der Waals surface area (Å²) in [6, 6.07) is 42.5. The highest BCUT2D eigenvalue weighted by Gasteiger charge is 2.16. The van der Waals surface area contributed by atoms with Gasteiger partial charge < -0.3 is 0 Å². The predicted molar refractivity (Wildman–Crippen MR) is 142 cm³/mol. The zero-order valence-corrected chi connectivity index (χ0v) is 20.0. The van der Waals surface area contributed by atoms with Crippen LogP contribution >= 0.6 is 15.8 Å². The Kier molecular flexibility index (Phi) is 8.06. The molecule has 1 atom stereocenters. The van der Waals surface area contributed by atoms with Crippen LogP contribution in [0.3, 0.4) is 0 Å². The number of hydrogen-bond donors (Lipinski definition) is 0. The van der Waals surface area contributed by atoms with Crippen LogP contribution in [0.1, 0.15) is 18.4 Å². The first-order valence-electron chi connectivity index (χ1n) is 11.1. The first kappa shape index (κ1) is 22.0. The SMILES string of the molecule is Cc1cccc(P(CCCCP(c2ccccc2)c2ccccc2)c2ccccc2)c1. The van der Waals surface area contributed by atoms with Crippen LogP contribution < -0.4 is 21.2 Å². The molecule has 0 bridgehead atoms. The average molecular weight is 441 g/mol. The predicted octanol–water partition coefficient (Wildman–Crippen LogP) is 6.34. The van der Waals surface area contributed by atoms with Crippen molar-refractivity contribution < 1.29 is 0 Å². The fraction of sp³-hybridized carbons (Fsp3) is 0.172. The molecule has 0 nitrogen and oxygen atoms in total. The topological polar surface area (TPSA) is 0 Å². The molecule has 31 heavy (non-hydrogen) atoms. The molecule has 4 aromatic rings. The zero-order valence-electron chi connectivity index (χ0n) is 18.2. The van der Waals surface area contributed by atoms with Gasteiger partial charge in [0.25, 0.3) is 0 Å². The number of aryl methyl sites for hydroxylation is 1. The first-order chi connectivity index (χ1) is 15.3. The summed E-state index contributed by atoms with van der Waals surface area (Å²) in [5.41, 5.74) is 1.36. The molecule has 0 fully saturated rings. The molecule has 4 rings (SSSR count). The van der Waals surface area contributed by atoms with Gasteiger partial charge in [-0.25, -0.2) is 0 Å². The van der Waals surface area contributed by atoms with Crippen LogP contribution in [0.25, 0.3) is 0 Å². The third-order valence-corrected chi connectivity index (χ3v) is 10.7. The molecule has 0 aliphatic rings. The molecular formula is C29H30P2. The molecule has 2 heteroatoms. The second kappa shape index (κ2) is 11.4. The minimum Gasteiger partial charge on any atom is -0.0622 e. The Balaban J connectivity index is 1.46. The minimum absolute atomic E-state index is 0.288.